The van der Waals surface area contributed by atoms with Crippen LogP contribution in [-0.2, 0) is 4.74 Å². The maximum Gasteiger partial charge on any atom is 0.0730 e. The SMILES string of the molecule is CCCCCOC1CC(CC)CCC1NC. The molecule has 16 heavy (non-hydrogen) atoms. The molecular weight excluding hydrogens is 198 g/mol. The highest BCUT2D eigenvalue weighted by Crippen LogP contribution is 2.28. The summed E-state index contributed by atoms with van der Waals surface area (Å²) in [5.41, 5.74) is 0. The summed E-state index contributed by atoms with van der Waals surface area (Å²) in [6.45, 7) is 5.50. The van der Waals surface area contributed by atoms with Gasteiger partial charge in [-0.05, 0) is 38.6 Å². The molecule has 0 aromatic carbocycles. The van der Waals surface area contributed by atoms with Crippen molar-refractivity contribution in [2.75, 3.05) is 13.7 Å². The average Bonchev–Trinajstić information content (AvgIpc) is 2.34. The van der Waals surface area contributed by atoms with Crippen LogP contribution in [0.5, 0.6) is 0 Å². The zero-order chi connectivity index (χ0) is 11.8. The summed E-state index contributed by atoms with van der Waals surface area (Å²) in [6, 6.07) is 0.587. The van der Waals surface area contributed by atoms with Gasteiger partial charge in [-0.3, -0.25) is 0 Å². The Hall–Kier alpha value is -0.0800. The summed E-state index contributed by atoms with van der Waals surface area (Å²) in [4.78, 5) is 0. The Morgan fingerprint density at radius 1 is 1.19 bits per heavy atom. The number of rotatable bonds is 7. The predicted molar refractivity (Wildman–Crippen MR) is 69.7 cm³/mol. The number of hydrogen-bond donors (Lipinski definition) is 1. The number of nitrogens with one attached hydrogen (secondary N) is 1. The quantitative estimate of drug-likeness (QED) is 0.673. The smallest absolute Gasteiger partial charge is 0.0730 e. The van der Waals surface area contributed by atoms with Crippen molar-refractivity contribution in [3.05, 3.63) is 0 Å². The van der Waals surface area contributed by atoms with Gasteiger partial charge in [0.25, 0.3) is 0 Å². The van der Waals surface area contributed by atoms with Gasteiger partial charge in [0, 0.05) is 12.6 Å². The minimum atomic E-state index is 0.459. The van der Waals surface area contributed by atoms with Crippen LogP contribution in [-0.4, -0.2) is 25.8 Å². The predicted octanol–water partition coefficient (Wildman–Crippen LogP) is 3.36. The first-order valence-electron chi connectivity index (χ1n) is 7.10. The molecule has 1 fully saturated rings. The lowest BCUT2D eigenvalue weighted by molar-refractivity contribution is -0.0100. The molecule has 0 saturated heterocycles. The Labute approximate surface area is 101 Å². The third kappa shape index (κ3) is 4.42. The van der Waals surface area contributed by atoms with Crippen molar-refractivity contribution in [1.29, 1.82) is 0 Å². The highest BCUT2D eigenvalue weighted by atomic mass is 16.5. The van der Waals surface area contributed by atoms with Gasteiger partial charge in [-0.25, -0.2) is 0 Å². The third-order valence-corrected chi connectivity index (χ3v) is 3.93. The van der Waals surface area contributed by atoms with Gasteiger partial charge in [-0.2, -0.15) is 0 Å². The van der Waals surface area contributed by atoms with E-state index in [1.807, 2.05) is 0 Å². The second-order valence-corrected chi connectivity index (χ2v) is 5.10. The topological polar surface area (TPSA) is 21.3 Å². The van der Waals surface area contributed by atoms with Gasteiger partial charge in [0.1, 0.15) is 0 Å². The number of unbranched alkanes of at least 4 members (excludes halogenated alkanes) is 2. The van der Waals surface area contributed by atoms with E-state index >= 15 is 0 Å². The third-order valence-electron chi connectivity index (χ3n) is 3.93. The Morgan fingerprint density at radius 3 is 2.62 bits per heavy atom. The monoisotopic (exact) mass is 227 g/mol. The number of ether oxygens (including phenoxy) is 1. The van der Waals surface area contributed by atoms with Crippen molar-refractivity contribution in [3.63, 3.8) is 0 Å². The molecule has 2 nitrogen and oxygen atoms in total. The molecule has 0 aromatic rings. The molecule has 1 rings (SSSR count). The fourth-order valence-electron chi connectivity index (χ4n) is 2.68. The first kappa shape index (κ1) is 14.0. The van der Waals surface area contributed by atoms with E-state index in [4.69, 9.17) is 4.74 Å². The minimum Gasteiger partial charge on any atom is -0.377 e. The lowest BCUT2D eigenvalue weighted by atomic mass is 9.82. The van der Waals surface area contributed by atoms with Crippen molar-refractivity contribution in [1.82, 2.24) is 5.32 Å². The molecule has 0 aromatic heterocycles. The van der Waals surface area contributed by atoms with E-state index in [1.54, 1.807) is 0 Å². The second-order valence-electron chi connectivity index (χ2n) is 5.10. The summed E-state index contributed by atoms with van der Waals surface area (Å²) in [7, 11) is 2.07. The van der Waals surface area contributed by atoms with Crippen molar-refractivity contribution in [2.24, 2.45) is 5.92 Å². The van der Waals surface area contributed by atoms with Gasteiger partial charge in [0.15, 0.2) is 0 Å². The van der Waals surface area contributed by atoms with E-state index in [9.17, 15) is 0 Å². The van der Waals surface area contributed by atoms with Crippen LogP contribution in [0.3, 0.4) is 0 Å². The van der Waals surface area contributed by atoms with Gasteiger partial charge < -0.3 is 10.1 Å². The van der Waals surface area contributed by atoms with E-state index in [0.717, 1.165) is 12.5 Å². The van der Waals surface area contributed by atoms with E-state index < -0.39 is 0 Å². The average molecular weight is 227 g/mol. The van der Waals surface area contributed by atoms with Crippen LogP contribution in [0.25, 0.3) is 0 Å². The highest BCUT2D eigenvalue weighted by molar-refractivity contribution is 4.84. The molecule has 96 valence electrons. The zero-order valence-electron chi connectivity index (χ0n) is 11.3. The molecule has 1 aliphatic carbocycles. The minimum absolute atomic E-state index is 0.459. The zero-order valence-corrected chi connectivity index (χ0v) is 11.3. The van der Waals surface area contributed by atoms with Crippen molar-refractivity contribution >= 4 is 0 Å². The molecule has 0 heterocycles. The molecule has 1 saturated carbocycles. The largest absolute Gasteiger partial charge is 0.377 e. The molecule has 0 bridgehead atoms. The summed E-state index contributed by atoms with van der Waals surface area (Å²) >= 11 is 0. The molecule has 3 atom stereocenters. The first-order valence-corrected chi connectivity index (χ1v) is 7.10. The van der Waals surface area contributed by atoms with Crippen molar-refractivity contribution < 1.29 is 4.74 Å². The summed E-state index contributed by atoms with van der Waals surface area (Å²) in [5.74, 6) is 0.890. The molecule has 1 aliphatic rings. The van der Waals surface area contributed by atoms with Gasteiger partial charge in [-0.15, -0.1) is 0 Å². The van der Waals surface area contributed by atoms with Gasteiger partial charge in [0.2, 0.25) is 0 Å². The number of hydrogen-bond acceptors (Lipinski definition) is 2. The molecule has 3 unspecified atom stereocenters. The van der Waals surface area contributed by atoms with Crippen LogP contribution in [0.15, 0.2) is 0 Å². The fourth-order valence-corrected chi connectivity index (χ4v) is 2.68. The second kappa shape index (κ2) is 8.08. The molecule has 0 amide bonds. The molecule has 0 aliphatic heterocycles. The highest BCUT2D eigenvalue weighted by Gasteiger charge is 2.29. The van der Waals surface area contributed by atoms with Crippen LogP contribution in [0.4, 0.5) is 0 Å². The van der Waals surface area contributed by atoms with E-state index in [0.29, 0.717) is 12.1 Å². The molecular formula is C14H29NO. The maximum absolute atomic E-state index is 6.06. The van der Waals surface area contributed by atoms with Crippen LogP contribution in [0.1, 0.15) is 58.8 Å². The fraction of sp³-hybridized carbons (Fsp3) is 1.00. The first-order chi connectivity index (χ1) is 7.81. The maximum atomic E-state index is 6.06. The summed E-state index contributed by atoms with van der Waals surface area (Å²) in [5, 5.41) is 3.41. The van der Waals surface area contributed by atoms with Gasteiger partial charge >= 0.3 is 0 Å². The number of likely N-dealkylation sites (N-methyl/N-ethyl adjacent to an activating group) is 1. The molecule has 1 N–H and O–H groups in total. The van der Waals surface area contributed by atoms with Crippen molar-refractivity contribution in [2.45, 2.75) is 70.9 Å². The molecule has 0 radical (unpaired) electrons. The van der Waals surface area contributed by atoms with Gasteiger partial charge in [0.05, 0.1) is 6.10 Å². The van der Waals surface area contributed by atoms with Crippen LogP contribution >= 0.6 is 0 Å². The Morgan fingerprint density at radius 2 is 2.00 bits per heavy atom. The summed E-state index contributed by atoms with van der Waals surface area (Å²) in [6.07, 6.45) is 9.49. The molecule has 0 spiro atoms. The van der Waals surface area contributed by atoms with E-state index in [1.165, 1.54) is 44.9 Å². The normalized spacial score (nSPS) is 30.6. The Bertz CT molecular complexity index is 172. The van der Waals surface area contributed by atoms with Crippen LogP contribution in [0, 0.1) is 5.92 Å². The van der Waals surface area contributed by atoms with Gasteiger partial charge in [-0.1, -0.05) is 33.1 Å². The Kier molecular flexibility index (Phi) is 7.06. The summed E-state index contributed by atoms with van der Waals surface area (Å²) < 4.78 is 6.06. The lowest BCUT2D eigenvalue weighted by Gasteiger charge is -2.35. The van der Waals surface area contributed by atoms with Crippen LogP contribution < -0.4 is 5.32 Å². The standard InChI is InChI=1S/C14H29NO/c1-4-6-7-10-16-14-11-12(5-2)8-9-13(14)15-3/h12-15H,4-11H2,1-3H3. The lowest BCUT2D eigenvalue weighted by Crippen LogP contribution is -2.44. The van der Waals surface area contributed by atoms with E-state index in [2.05, 4.69) is 26.2 Å². The Balaban J connectivity index is 2.27. The van der Waals surface area contributed by atoms with E-state index in [-0.39, 0.29) is 0 Å². The van der Waals surface area contributed by atoms with Crippen LogP contribution in [0.2, 0.25) is 0 Å². The van der Waals surface area contributed by atoms with Crippen molar-refractivity contribution in [3.8, 4) is 0 Å². The molecule has 2 heteroatoms.